The van der Waals surface area contributed by atoms with Crippen molar-refractivity contribution in [1.82, 2.24) is 15.2 Å². The van der Waals surface area contributed by atoms with Crippen LogP contribution in [0.4, 0.5) is 11.4 Å². The predicted molar refractivity (Wildman–Crippen MR) is 132 cm³/mol. The minimum Gasteiger partial charge on any atom is -0.325 e. The number of thioether (sulfide) groups is 1. The van der Waals surface area contributed by atoms with Crippen molar-refractivity contribution < 1.29 is 9.59 Å². The first-order chi connectivity index (χ1) is 15.5. The Balaban J connectivity index is 1.81. The fraction of sp³-hybridized carbons (Fsp3) is 0.292. The first-order valence-corrected chi connectivity index (χ1v) is 11.3. The van der Waals surface area contributed by atoms with Crippen molar-refractivity contribution in [1.29, 1.82) is 0 Å². The highest BCUT2D eigenvalue weighted by Crippen LogP contribution is 2.30. The molecular formula is C24H27N5O3S. The smallest absolute Gasteiger partial charge is 0.278 e. The number of aromatic nitrogens is 3. The van der Waals surface area contributed by atoms with E-state index in [0.29, 0.717) is 16.9 Å². The van der Waals surface area contributed by atoms with Crippen LogP contribution in [0.1, 0.15) is 36.1 Å². The number of benzene rings is 2. The summed E-state index contributed by atoms with van der Waals surface area (Å²) in [4.78, 5) is 39.8. The Morgan fingerprint density at radius 1 is 0.970 bits per heavy atom. The summed E-state index contributed by atoms with van der Waals surface area (Å²) in [5.41, 5.74) is 5.35. The van der Waals surface area contributed by atoms with E-state index in [1.165, 1.54) is 6.92 Å². The van der Waals surface area contributed by atoms with E-state index >= 15 is 0 Å². The third-order valence-electron chi connectivity index (χ3n) is 5.14. The number of rotatable bonds is 6. The SMILES string of the molecule is CC(=O)Nc1c(C)cc(C)cc1-c1nnc(S[C@H](C)C(=O)Nc2ccc(C)c(C)c2)[nH]c1=O. The zero-order valence-electron chi connectivity index (χ0n) is 19.5. The van der Waals surface area contributed by atoms with E-state index in [1.54, 1.807) is 13.0 Å². The molecule has 172 valence electrons. The number of aryl methyl sites for hydroxylation is 4. The molecular weight excluding hydrogens is 438 g/mol. The number of H-pyrrole nitrogens is 1. The summed E-state index contributed by atoms with van der Waals surface area (Å²) in [7, 11) is 0. The van der Waals surface area contributed by atoms with E-state index in [2.05, 4.69) is 25.8 Å². The number of aromatic amines is 1. The summed E-state index contributed by atoms with van der Waals surface area (Å²) < 4.78 is 0. The van der Waals surface area contributed by atoms with Crippen molar-refractivity contribution in [3.05, 3.63) is 62.9 Å². The van der Waals surface area contributed by atoms with Gasteiger partial charge in [0.05, 0.1) is 10.9 Å². The minimum absolute atomic E-state index is 0.0992. The van der Waals surface area contributed by atoms with Gasteiger partial charge in [0.15, 0.2) is 10.9 Å². The number of carbonyl (C=O) groups is 2. The van der Waals surface area contributed by atoms with Gasteiger partial charge in [-0.3, -0.25) is 19.4 Å². The topological polar surface area (TPSA) is 117 Å². The van der Waals surface area contributed by atoms with Gasteiger partial charge in [-0.15, -0.1) is 10.2 Å². The van der Waals surface area contributed by atoms with Crippen molar-refractivity contribution in [2.24, 2.45) is 0 Å². The molecule has 3 rings (SSSR count). The van der Waals surface area contributed by atoms with Crippen LogP contribution in [-0.2, 0) is 9.59 Å². The summed E-state index contributed by atoms with van der Waals surface area (Å²) in [5.74, 6) is -0.458. The van der Waals surface area contributed by atoms with Crippen molar-refractivity contribution in [3.8, 4) is 11.3 Å². The van der Waals surface area contributed by atoms with Gasteiger partial charge in [0, 0.05) is 18.2 Å². The molecule has 0 aliphatic rings. The lowest BCUT2D eigenvalue weighted by Crippen LogP contribution is -2.24. The zero-order valence-corrected chi connectivity index (χ0v) is 20.3. The van der Waals surface area contributed by atoms with Crippen molar-refractivity contribution in [2.75, 3.05) is 10.6 Å². The van der Waals surface area contributed by atoms with E-state index in [4.69, 9.17) is 0 Å². The van der Waals surface area contributed by atoms with Gasteiger partial charge in [-0.05, 0) is 69.5 Å². The molecule has 0 radical (unpaired) electrons. The third-order valence-corrected chi connectivity index (χ3v) is 6.12. The molecule has 1 atom stereocenters. The summed E-state index contributed by atoms with van der Waals surface area (Å²) in [6.07, 6.45) is 0. The van der Waals surface area contributed by atoms with Crippen LogP contribution in [0.3, 0.4) is 0 Å². The molecule has 1 heterocycles. The van der Waals surface area contributed by atoms with Crippen molar-refractivity contribution in [2.45, 2.75) is 51.9 Å². The second-order valence-corrected chi connectivity index (χ2v) is 9.37. The zero-order chi connectivity index (χ0) is 24.3. The van der Waals surface area contributed by atoms with Crippen LogP contribution in [0.5, 0.6) is 0 Å². The number of hydrogen-bond acceptors (Lipinski definition) is 6. The largest absolute Gasteiger partial charge is 0.325 e. The monoisotopic (exact) mass is 465 g/mol. The first kappa shape index (κ1) is 24.2. The summed E-state index contributed by atoms with van der Waals surface area (Å²) in [6.45, 7) is 10.9. The molecule has 9 heteroatoms. The van der Waals surface area contributed by atoms with E-state index in [9.17, 15) is 14.4 Å². The standard InChI is InChI=1S/C24H27N5O3S/c1-12-9-15(4)20(25-17(6)30)19(10-12)21-23(32)27-24(29-28-21)33-16(5)22(31)26-18-8-7-13(2)14(3)11-18/h7-11,16H,1-6H3,(H,25,30)(H,26,31)(H,27,29,32)/t16-/m1/s1. The highest BCUT2D eigenvalue weighted by atomic mass is 32.2. The molecule has 0 bridgehead atoms. The third kappa shape index (κ3) is 5.87. The number of carbonyl (C=O) groups excluding carboxylic acids is 2. The van der Waals surface area contributed by atoms with Gasteiger partial charge >= 0.3 is 0 Å². The molecule has 0 unspecified atom stereocenters. The van der Waals surface area contributed by atoms with Crippen LogP contribution < -0.4 is 16.2 Å². The average Bonchev–Trinajstić information content (AvgIpc) is 2.72. The molecule has 0 saturated heterocycles. The molecule has 8 nitrogen and oxygen atoms in total. The Kier molecular flexibility index (Phi) is 7.33. The minimum atomic E-state index is -0.515. The van der Waals surface area contributed by atoms with E-state index < -0.39 is 10.8 Å². The van der Waals surface area contributed by atoms with Crippen molar-refractivity contribution in [3.63, 3.8) is 0 Å². The lowest BCUT2D eigenvalue weighted by molar-refractivity contribution is -0.115. The maximum Gasteiger partial charge on any atom is 0.278 e. The van der Waals surface area contributed by atoms with E-state index in [-0.39, 0.29) is 22.7 Å². The van der Waals surface area contributed by atoms with Gasteiger partial charge in [0.25, 0.3) is 5.56 Å². The molecule has 0 aliphatic carbocycles. The predicted octanol–water partition coefficient (Wildman–Crippen LogP) is 4.14. The van der Waals surface area contributed by atoms with Crippen LogP contribution in [-0.4, -0.2) is 32.2 Å². The molecule has 2 amide bonds. The fourth-order valence-corrected chi connectivity index (χ4v) is 4.07. The molecule has 1 aromatic heterocycles. The van der Waals surface area contributed by atoms with E-state index in [0.717, 1.165) is 34.0 Å². The highest BCUT2D eigenvalue weighted by Gasteiger charge is 2.19. The average molecular weight is 466 g/mol. The molecule has 0 aliphatic heterocycles. The molecule has 0 spiro atoms. The van der Waals surface area contributed by atoms with Gasteiger partial charge in [-0.2, -0.15) is 0 Å². The highest BCUT2D eigenvalue weighted by molar-refractivity contribution is 8.00. The summed E-state index contributed by atoms with van der Waals surface area (Å²) >= 11 is 1.11. The Morgan fingerprint density at radius 3 is 2.33 bits per heavy atom. The van der Waals surface area contributed by atoms with Crippen LogP contribution in [0.15, 0.2) is 40.3 Å². The molecule has 3 N–H and O–H groups in total. The Bertz CT molecular complexity index is 1290. The fourth-order valence-electron chi connectivity index (χ4n) is 3.33. The Labute approximate surface area is 196 Å². The number of nitrogens with zero attached hydrogens (tertiary/aromatic N) is 2. The number of nitrogens with one attached hydrogen (secondary N) is 3. The van der Waals surface area contributed by atoms with Gasteiger partial charge in [0.2, 0.25) is 11.8 Å². The van der Waals surface area contributed by atoms with Crippen LogP contribution >= 0.6 is 11.8 Å². The quantitative estimate of drug-likeness (QED) is 0.471. The normalized spacial score (nSPS) is 11.7. The van der Waals surface area contributed by atoms with Gasteiger partial charge < -0.3 is 10.6 Å². The Hall–Kier alpha value is -3.46. The van der Waals surface area contributed by atoms with E-state index in [1.807, 2.05) is 52.0 Å². The van der Waals surface area contributed by atoms with Gasteiger partial charge in [-0.25, -0.2) is 0 Å². The molecule has 2 aromatic carbocycles. The Morgan fingerprint density at radius 2 is 1.70 bits per heavy atom. The van der Waals surface area contributed by atoms with Crippen LogP contribution in [0.2, 0.25) is 0 Å². The maximum atomic E-state index is 12.8. The number of anilines is 2. The second kappa shape index (κ2) is 9.99. The van der Waals surface area contributed by atoms with Crippen molar-refractivity contribution >= 4 is 35.0 Å². The van der Waals surface area contributed by atoms with Crippen LogP contribution in [0, 0.1) is 27.7 Å². The second-order valence-electron chi connectivity index (χ2n) is 8.04. The van der Waals surface area contributed by atoms with Gasteiger partial charge in [-0.1, -0.05) is 29.5 Å². The number of hydrogen-bond donors (Lipinski definition) is 3. The molecule has 3 aromatic rings. The van der Waals surface area contributed by atoms with Crippen LogP contribution in [0.25, 0.3) is 11.3 Å². The lowest BCUT2D eigenvalue weighted by Gasteiger charge is -2.14. The maximum absolute atomic E-state index is 12.8. The first-order valence-electron chi connectivity index (χ1n) is 10.5. The lowest BCUT2D eigenvalue weighted by atomic mass is 10.0. The molecule has 33 heavy (non-hydrogen) atoms. The molecule has 0 saturated carbocycles. The van der Waals surface area contributed by atoms with Gasteiger partial charge in [0.1, 0.15) is 0 Å². The summed E-state index contributed by atoms with van der Waals surface area (Å²) in [5, 5.41) is 13.6. The summed E-state index contributed by atoms with van der Waals surface area (Å²) in [6, 6.07) is 9.41. The molecule has 0 fully saturated rings. The number of amides is 2.